The molecule has 10 heteroatoms. The molecule has 0 amide bonds. The van der Waals surface area contributed by atoms with E-state index in [-0.39, 0.29) is 19.4 Å². The van der Waals surface area contributed by atoms with Crippen molar-refractivity contribution >= 4 is 19.8 Å². The molecule has 49 heavy (non-hydrogen) atoms. The zero-order chi connectivity index (χ0) is 36.3. The second-order valence-electron chi connectivity index (χ2n) is 12.0. The Balaban J connectivity index is 4.19. The van der Waals surface area contributed by atoms with Crippen LogP contribution in [0.5, 0.6) is 0 Å². The Bertz CT molecular complexity index is 1040. The van der Waals surface area contributed by atoms with E-state index in [4.69, 9.17) is 19.3 Å². The van der Waals surface area contributed by atoms with Crippen LogP contribution in [0.2, 0.25) is 0 Å². The lowest BCUT2D eigenvalue weighted by Gasteiger charge is -2.18. The normalized spacial score (nSPS) is 14.0. The molecule has 9 nitrogen and oxygen atoms in total. The molecule has 0 saturated heterocycles. The van der Waals surface area contributed by atoms with Crippen LogP contribution in [-0.2, 0) is 28.2 Å². The number of aliphatic hydroxyl groups excluding tert-OH is 1. The number of rotatable bonds is 32. The van der Waals surface area contributed by atoms with Gasteiger partial charge in [0.25, 0.3) is 0 Å². The van der Waals surface area contributed by atoms with Gasteiger partial charge in [0, 0.05) is 12.8 Å². The molecule has 0 aliphatic rings. The van der Waals surface area contributed by atoms with E-state index < -0.39 is 38.6 Å². The van der Waals surface area contributed by atoms with Gasteiger partial charge in [-0.15, -0.1) is 0 Å². The fraction of sp³-hybridized carbons (Fsp3) is 0.641. The quantitative estimate of drug-likeness (QED) is 0.0205. The Morgan fingerprint density at radius 1 is 0.653 bits per heavy atom. The summed E-state index contributed by atoms with van der Waals surface area (Å²) in [6.07, 6.45) is 39.4. The first kappa shape index (κ1) is 46.5. The standard InChI is InChI=1S/C39H65O9P/c1-3-5-7-9-11-12-13-14-15-16-21-25-29-33-39(42)48-37(35-47-49(43,44)45)34-46-38(41)32-28-24-20-18-17-19-23-27-31-36(40)30-26-22-10-8-6-4-2/h6,8,12-13,18-20,22-23,26-27,31,36-37,40H,3-5,7,9-11,14-17,21,24-25,28-30,32-35H2,1-2H3,(H2,43,44,45)/b8-6-,13-12-,20-18-,23-19-,26-22-,31-27+/t36?,37-/m1/s1. The molecule has 280 valence electrons. The van der Waals surface area contributed by atoms with Crippen molar-refractivity contribution in [2.45, 2.75) is 148 Å². The molecule has 1 unspecified atom stereocenters. The summed E-state index contributed by atoms with van der Waals surface area (Å²) >= 11 is 0. The summed E-state index contributed by atoms with van der Waals surface area (Å²) in [5.41, 5.74) is 0. The minimum Gasteiger partial charge on any atom is -0.462 e. The molecule has 0 heterocycles. The third kappa shape index (κ3) is 36.6. The Kier molecular flexibility index (Phi) is 32.2. The van der Waals surface area contributed by atoms with Gasteiger partial charge in [0.2, 0.25) is 0 Å². The van der Waals surface area contributed by atoms with Crippen LogP contribution >= 0.6 is 7.82 Å². The number of phosphoric acid groups is 1. The van der Waals surface area contributed by atoms with Crippen LogP contribution in [0.1, 0.15) is 136 Å². The van der Waals surface area contributed by atoms with E-state index in [0.29, 0.717) is 25.7 Å². The average molecular weight is 709 g/mol. The van der Waals surface area contributed by atoms with Crippen LogP contribution in [0.25, 0.3) is 0 Å². The first-order chi connectivity index (χ1) is 23.7. The maximum Gasteiger partial charge on any atom is 0.469 e. The van der Waals surface area contributed by atoms with E-state index in [1.807, 2.05) is 42.5 Å². The third-order valence-electron chi connectivity index (χ3n) is 7.29. The molecule has 0 aliphatic heterocycles. The van der Waals surface area contributed by atoms with Gasteiger partial charge in [-0.05, 0) is 70.6 Å². The van der Waals surface area contributed by atoms with Gasteiger partial charge < -0.3 is 24.4 Å². The van der Waals surface area contributed by atoms with Crippen LogP contribution in [0.15, 0.2) is 72.9 Å². The molecular weight excluding hydrogens is 643 g/mol. The summed E-state index contributed by atoms with van der Waals surface area (Å²) < 4.78 is 26.2. The number of phosphoric ester groups is 1. The van der Waals surface area contributed by atoms with E-state index in [9.17, 15) is 19.3 Å². The van der Waals surface area contributed by atoms with Gasteiger partial charge in [-0.1, -0.05) is 125 Å². The zero-order valence-corrected chi connectivity index (χ0v) is 31.1. The molecule has 0 radical (unpaired) electrons. The summed E-state index contributed by atoms with van der Waals surface area (Å²) in [7, 11) is -4.78. The van der Waals surface area contributed by atoms with Crippen molar-refractivity contribution in [3.8, 4) is 0 Å². The van der Waals surface area contributed by atoms with Crippen LogP contribution in [0, 0.1) is 0 Å². The molecular formula is C39H65O9P. The first-order valence-corrected chi connectivity index (χ1v) is 19.9. The second-order valence-corrected chi connectivity index (χ2v) is 13.2. The molecule has 0 rings (SSSR count). The molecule has 0 aromatic heterocycles. The summed E-state index contributed by atoms with van der Waals surface area (Å²) in [6, 6.07) is 0. The Morgan fingerprint density at radius 3 is 1.96 bits per heavy atom. The highest BCUT2D eigenvalue weighted by atomic mass is 31.2. The number of hydrogen-bond acceptors (Lipinski definition) is 7. The predicted octanol–water partition coefficient (Wildman–Crippen LogP) is 9.70. The number of carbonyl (C=O) groups excluding carboxylic acids is 2. The highest BCUT2D eigenvalue weighted by Crippen LogP contribution is 2.35. The maximum atomic E-state index is 12.3. The predicted molar refractivity (Wildman–Crippen MR) is 199 cm³/mol. The highest BCUT2D eigenvalue weighted by Gasteiger charge is 2.22. The molecule has 0 aromatic carbocycles. The number of ether oxygens (including phenoxy) is 2. The van der Waals surface area contributed by atoms with Crippen molar-refractivity contribution in [3.05, 3.63) is 72.9 Å². The summed E-state index contributed by atoms with van der Waals surface area (Å²) in [5, 5.41) is 9.96. The van der Waals surface area contributed by atoms with Crippen molar-refractivity contribution in [1.82, 2.24) is 0 Å². The zero-order valence-electron chi connectivity index (χ0n) is 30.2. The number of unbranched alkanes of at least 4 members (excludes halogenated alkanes) is 10. The molecule has 0 aromatic rings. The van der Waals surface area contributed by atoms with Gasteiger partial charge >= 0.3 is 19.8 Å². The smallest absolute Gasteiger partial charge is 0.462 e. The molecule has 3 N–H and O–H groups in total. The van der Waals surface area contributed by atoms with Crippen molar-refractivity contribution in [2.24, 2.45) is 0 Å². The molecule has 0 spiro atoms. The van der Waals surface area contributed by atoms with Crippen LogP contribution in [0.3, 0.4) is 0 Å². The largest absolute Gasteiger partial charge is 0.469 e. The molecule has 0 saturated carbocycles. The molecule has 0 aliphatic carbocycles. The third-order valence-corrected chi connectivity index (χ3v) is 7.77. The SMILES string of the molecule is CC/C=C\C/C=C\CC(O)/C=C/C=C\C/C=C\CCCC(=O)OC[C@H](COP(=O)(O)O)OC(=O)CCCCCCC/C=C\CCCCCC. The highest BCUT2D eigenvalue weighted by molar-refractivity contribution is 7.46. The number of hydrogen-bond donors (Lipinski definition) is 3. The minimum absolute atomic E-state index is 0.152. The molecule has 2 atom stereocenters. The van der Waals surface area contributed by atoms with Crippen LogP contribution < -0.4 is 0 Å². The minimum atomic E-state index is -4.78. The summed E-state index contributed by atoms with van der Waals surface area (Å²) in [5.74, 6) is -1.01. The van der Waals surface area contributed by atoms with Gasteiger partial charge in [0.05, 0.1) is 12.7 Å². The van der Waals surface area contributed by atoms with Gasteiger partial charge in [0.15, 0.2) is 6.10 Å². The summed E-state index contributed by atoms with van der Waals surface area (Å²) in [6.45, 7) is 3.40. The maximum absolute atomic E-state index is 12.3. The lowest BCUT2D eigenvalue weighted by atomic mass is 10.1. The Morgan fingerprint density at radius 2 is 1.24 bits per heavy atom. The monoisotopic (exact) mass is 708 g/mol. The number of esters is 2. The Hall–Kier alpha value is -2.55. The van der Waals surface area contributed by atoms with Crippen LogP contribution in [-0.4, -0.2) is 52.3 Å². The van der Waals surface area contributed by atoms with E-state index in [1.54, 1.807) is 6.08 Å². The lowest BCUT2D eigenvalue weighted by Crippen LogP contribution is -2.29. The lowest BCUT2D eigenvalue weighted by molar-refractivity contribution is -0.161. The second kappa shape index (κ2) is 33.9. The van der Waals surface area contributed by atoms with Gasteiger partial charge in [-0.25, -0.2) is 4.57 Å². The first-order valence-electron chi connectivity index (χ1n) is 18.3. The summed E-state index contributed by atoms with van der Waals surface area (Å²) in [4.78, 5) is 42.6. The Labute approximate surface area is 296 Å². The van der Waals surface area contributed by atoms with E-state index in [0.717, 1.165) is 57.8 Å². The van der Waals surface area contributed by atoms with E-state index in [1.165, 1.54) is 25.7 Å². The fourth-order valence-corrected chi connectivity index (χ4v) is 4.90. The average Bonchev–Trinajstić information content (AvgIpc) is 3.06. The number of allylic oxidation sites excluding steroid dienone is 10. The van der Waals surface area contributed by atoms with Crippen molar-refractivity contribution < 1.29 is 43.0 Å². The topological polar surface area (TPSA) is 140 Å². The van der Waals surface area contributed by atoms with Crippen molar-refractivity contribution in [3.63, 3.8) is 0 Å². The fourth-order valence-electron chi connectivity index (χ4n) is 4.54. The van der Waals surface area contributed by atoms with Crippen LogP contribution in [0.4, 0.5) is 0 Å². The van der Waals surface area contributed by atoms with Crippen molar-refractivity contribution in [2.75, 3.05) is 13.2 Å². The van der Waals surface area contributed by atoms with E-state index >= 15 is 0 Å². The van der Waals surface area contributed by atoms with Gasteiger partial charge in [-0.2, -0.15) is 0 Å². The van der Waals surface area contributed by atoms with E-state index in [2.05, 4.69) is 42.7 Å². The number of aliphatic hydroxyl groups is 1. The molecule has 0 fully saturated rings. The van der Waals surface area contributed by atoms with Gasteiger partial charge in [-0.3, -0.25) is 14.1 Å². The van der Waals surface area contributed by atoms with Gasteiger partial charge in [0.1, 0.15) is 6.61 Å². The molecule has 0 bridgehead atoms. The van der Waals surface area contributed by atoms with Crippen molar-refractivity contribution in [1.29, 1.82) is 0 Å². The number of carbonyl (C=O) groups is 2.